The average Bonchev–Trinajstić information content (AvgIpc) is 3.19. The highest BCUT2D eigenvalue weighted by Crippen LogP contribution is 2.44. The van der Waals surface area contributed by atoms with Crippen LogP contribution in [-0.4, -0.2) is 41.3 Å². The molecule has 2 aliphatic rings. The Morgan fingerprint density at radius 2 is 1.63 bits per heavy atom. The molecule has 1 atom stereocenters. The van der Waals surface area contributed by atoms with Gasteiger partial charge in [-0.25, -0.2) is 9.59 Å². The fourth-order valence-electron chi connectivity index (χ4n) is 5.21. The molecule has 1 fully saturated rings. The first-order valence-electron chi connectivity index (χ1n) is 12.2. The maximum Gasteiger partial charge on any atom is 0.407 e. The van der Waals surface area contributed by atoms with Crippen LogP contribution < -0.4 is 10.6 Å². The van der Waals surface area contributed by atoms with Crippen molar-refractivity contribution in [2.75, 3.05) is 6.61 Å². The number of fused-ring (bicyclic) bond motifs is 3. The zero-order valence-corrected chi connectivity index (χ0v) is 19.8. The number of alkyl carbamates (subject to hydrolysis) is 1. The Bertz CT molecular complexity index is 1060. The Kier molecular flexibility index (Phi) is 7.54. The fraction of sp³-hybridized carbons (Fsp3) is 0.393. The highest BCUT2D eigenvalue weighted by Gasteiger charge is 2.42. The topological polar surface area (TPSA) is 105 Å². The summed E-state index contributed by atoms with van der Waals surface area (Å²) in [7, 11) is 0. The Balaban J connectivity index is 1.42. The van der Waals surface area contributed by atoms with Crippen LogP contribution in [0.15, 0.2) is 61.2 Å². The minimum atomic E-state index is -1.29. The summed E-state index contributed by atoms with van der Waals surface area (Å²) in [6.45, 7) is 3.82. The van der Waals surface area contributed by atoms with Gasteiger partial charge in [-0.2, -0.15) is 0 Å². The van der Waals surface area contributed by atoms with E-state index >= 15 is 0 Å². The van der Waals surface area contributed by atoms with E-state index in [4.69, 9.17) is 4.74 Å². The van der Waals surface area contributed by atoms with Crippen LogP contribution in [0.5, 0.6) is 0 Å². The van der Waals surface area contributed by atoms with E-state index in [0.29, 0.717) is 25.7 Å². The molecule has 1 saturated carbocycles. The predicted molar refractivity (Wildman–Crippen MR) is 133 cm³/mol. The van der Waals surface area contributed by atoms with E-state index < -0.39 is 29.6 Å². The van der Waals surface area contributed by atoms with Crippen molar-refractivity contribution in [3.63, 3.8) is 0 Å². The summed E-state index contributed by atoms with van der Waals surface area (Å²) in [6, 6.07) is 15.2. The van der Waals surface area contributed by atoms with Gasteiger partial charge in [-0.3, -0.25) is 4.79 Å². The number of carboxylic acids is 1. The molecule has 0 heterocycles. The normalized spacial score (nSPS) is 16.9. The molecule has 35 heavy (non-hydrogen) atoms. The third-order valence-corrected chi connectivity index (χ3v) is 7.09. The summed E-state index contributed by atoms with van der Waals surface area (Å²) in [5.41, 5.74) is 3.18. The fourth-order valence-corrected chi connectivity index (χ4v) is 5.21. The summed E-state index contributed by atoms with van der Waals surface area (Å²) >= 11 is 0. The summed E-state index contributed by atoms with van der Waals surface area (Å²) in [4.78, 5) is 37.8. The molecule has 0 radical (unpaired) electrons. The van der Waals surface area contributed by atoms with Gasteiger partial charge >= 0.3 is 12.1 Å². The standard InChI is InChI=1S/C28H32N2O5/c1-2-3-15-24(25(31)30-28(26(32)33)16-9-4-10-17-28)29-27(34)35-18-23-21-13-7-5-11-19(21)20-12-6-8-14-22(20)23/h2,5-8,11-14,23-24H,1,3-4,9-10,15-18H2,(H,29,34)(H,30,31)(H,32,33). The van der Waals surface area contributed by atoms with Crippen LogP contribution in [0.25, 0.3) is 11.1 Å². The molecule has 3 N–H and O–H groups in total. The lowest BCUT2D eigenvalue weighted by Gasteiger charge is -2.35. The number of carboxylic acid groups (broad SMARTS) is 1. The Hall–Kier alpha value is -3.61. The molecule has 2 aromatic carbocycles. The molecule has 0 aromatic heterocycles. The lowest BCUT2D eigenvalue weighted by Crippen LogP contribution is -2.60. The monoisotopic (exact) mass is 476 g/mol. The number of carbonyl (C=O) groups is 3. The molecule has 0 bridgehead atoms. The quantitative estimate of drug-likeness (QED) is 0.453. The largest absolute Gasteiger partial charge is 0.480 e. The zero-order chi connectivity index (χ0) is 24.8. The number of hydrogen-bond donors (Lipinski definition) is 3. The molecule has 2 aromatic rings. The molecule has 0 spiro atoms. The van der Waals surface area contributed by atoms with Crippen LogP contribution in [-0.2, 0) is 14.3 Å². The maximum atomic E-state index is 13.1. The van der Waals surface area contributed by atoms with Crippen LogP contribution in [0, 0.1) is 0 Å². The number of ether oxygens (including phenoxy) is 1. The van der Waals surface area contributed by atoms with E-state index in [1.807, 2.05) is 36.4 Å². The highest BCUT2D eigenvalue weighted by molar-refractivity contribution is 5.91. The number of rotatable bonds is 9. The maximum absolute atomic E-state index is 13.1. The van der Waals surface area contributed by atoms with Gasteiger partial charge in [0.05, 0.1) is 0 Å². The van der Waals surface area contributed by atoms with E-state index in [1.165, 1.54) is 0 Å². The van der Waals surface area contributed by atoms with Gasteiger partial charge in [0.2, 0.25) is 5.91 Å². The van der Waals surface area contributed by atoms with Crippen LogP contribution in [0.3, 0.4) is 0 Å². The van der Waals surface area contributed by atoms with Crippen LogP contribution in [0.4, 0.5) is 4.79 Å². The Morgan fingerprint density at radius 1 is 1.03 bits per heavy atom. The summed E-state index contributed by atoms with van der Waals surface area (Å²) < 4.78 is 5.59. The SMILES string of the molecule is C=CCCC(NC(=O)OCC1c2ccccc2-c2ccccc21)C(=O)NC1(C(=O)O)CCCCC1. The third-order valence-electron chi connectivity index (χ3n) is 7.09. The predicted octanol–water partition coefficient (Wildman–Crippen LogP) is 4.76. The van der Waals surface area contributed by atoms with E-state index in [9.17, 15) is 19.5 Å². The smallest absolute Gasteiger partial charge is 0.407 e. The second-order valence-electron chi connectivity index (χ2n) is 9.33. The van der Waals surface area contributed by atoms with Gasteiger partial charge in [-0.1, -0.05) is 73.9 Å². The van der Waals surface area contributed by atoms with Crippen molar-refractivity contribution in [1.82, 2.24) is 10.6 Å². The number of carbonyl (C=O) groups excluding carboxylic acids is 2. The molecule has 2 aliphatic carbocycles. The molecule has 7 nitrogen and oxygen atoms in total. The Labute approximate surface area is 205 Å². The zero-order valence-electron chi connectivity index (χ0n) is 19.8. The van der Waals surface area contributed by atoms with Crippen molar-refractivity contribution in [3.8, 4) is 11.1 Å². The minimum absolute atomic E-state index is 0.0916. The minimum Gasteiger partial charge on any atom is -0.480 e. The van der Waals surface area contributed by atoms with E-state index in [-0.39, 0.29) is 12.5 Å². The van der Waals surface area contributed by atoms with E-state index in [2.05, 4.69) is 29.3 Å². The molecular weight excluding hydrogens is 444 g/mol. The van der Waals surface area contributed by atoms with E-state index in [0.717, 1.165) is 41.5 Å². The molecule has 7 heteroatoms. The summed E-state index contributed by atoms with van der Waals surface area (Å²) in [5.74, 6) is -1.63. The van der Waals surface area contributed by atoms with Crippen LogP contribution in [0.2, 0.25) is 0 Å². The second-order valence-corrected chi connectivity index (χ2v) is 9.33. The lowest BCUT2D eigenvalue weighted by atomic mass is 9.81. The third kappa shape index (κ3) is 5.24. The molecule has 184 valence electrons. The molecule has 0 saturated heterocycles. The van der Waals surface area contributed by atoms with E-state index in [1.54, 1.807) is 6.08 Å². The van der Waals surface area contributed by atoms with Crippen molar-refractivity contribution < 1.29 is 24.2 Å². The van der Waals surface area contributed by atoms with Gasteiger partial charge in [-0.15, -0.1) is 6.58 Å². The number of nitrogens with one attached hydrogen (secondary N) is 2. The summed E-state index contributed by atoms with van der Waals surface area (Å²) in [5, 5.41) is 15.2. The number of aliphatic carboxylic acids is 1. The number of benzene rings is 2. The number of hydrogen-bond acceptors (Lipinski definition) is 4. The first-order chi connectivity index (χ1) is 16.9. The number of allylic oxidation sites excluding steroid dienone is 1. The van der Waals surface area contributed by atoms with Crippen LogP contribution >= 0.6 is 0 Å². The Morgan fingerprint density at radius 3 is 2.20 bits per heavy atom. The summed E-state index contributed by atoms with van der Waals surface area (Å²) in [6.07, 6.45) is 4.94. The van der Waals surface area contributed by atoms with Crippen LogP contribution in [0.1, 0.15) is 62.0 Å². The first-order valence-corrected chi connectivity index (χ1v) is 12.2. The molecule has 0 aliphatic heterocycles. The molecular formula is C28H32N2O5. The van der Waals surface area contributed by atoms with Gasteiger partial charge < -0.3 is 20.5 Å². The molecule has 2 amide bonds. The van der Waals surface area contributed by atoms with Crippen molar-refractivity contribution in [2.45, 2.75) is 62.4 Å². The second kappa shape index (κ2) is 10.8. The van der Waals surface area contributed by atoms with Crippen molar-refractivity contribution in [1.29, 1.82) is 0 Å². The highest BCUT2D eigenvalue weighted by atomic mass is 16.5. The first kappa shape index (κ1) is 24.5. The number of amides is 2. The van der Waals surface area contributed by atoms with Crippen molar-refractivity contribution >= 4 is 18.0 Å². The molecule has 1 unspecified atom stereocenters. The van der Waals surface area contributed by atoms with Gasteiger partial charge in [0.1, 0.15) is 18.2 Å². The van der Waals surface area contributed by atoms with Gasteiger partial charge in [0.25, 0.3) is 0 Å². The van der Waals surface area contributed by atoms with Crippen molar-refractivity contribution in [2.24, 2.45) is 0 Å². The van der Waals surface area contributed by atoms with Gasteiger partial charge in [0, 0.05) is 5.92 Å². The van der Waals surface area contributed by atoms with Crippen molar-refractivity contribution in [3.05, 3.63) is 72.3 Å². The average molecular weight is 477 g/mol. The lowest BCUT2D eigenvalue weighted by molar-refractivity contribution is -0.149. The van der Waals surface area contributed by atoms with Gasteiger partial charge in [-0.05, 0) is 47.9 Å². The molecule has 4 rings (SSSR count). The van der Waals surface area contributed by atoms with Gasteiger partial charge in [0.15, 0.2) is 0 Å².